The molecule has 2 nitrogen and oxygen atoms in total. The molecular formula is C7H14N2. The molecule has 0 aliphatic carbocycles. The van der Waals surface area contributed by atoms with Gasteiger partial charge in [-0.1, -0.05) is 6.58 Å². The van der Waals surface area contributed by atoms with Crippen molar-refractivity contribution in [3.63, 3.8) is 0 Å². The molecule has 0 heterocycles. The van der Waals surface area contributed by atoms with E-state index in [4.69, 9.17) is 5.73 Å². The first-order valence-corrected chi connectivity index (χ1v) is 3.00. The molecule has 0 aliphatic rings. The van der Waals surface area contributed by atoms with Gasteiger partial charge < -0.3 is 10.6 Å². The third-order valence-electron chi connectivity index (χ3n) is 1.10. The topological polar surface area (TPSA) is 29.3 Å². The average molecular weight is 126 g/mol. The quantitative estimate of drug-likeness (QED) is 0.570. The fourth-order valence-corrected chi connectivity index (χ4v) is 0.398. The van der Waals surface area contributed by atoms with Gasteiger partial charge in [-0.05, 0) is 13.0 Å². The average Bonchev–Trinajstić information content (AvgIpc) is 1.87. The molecule has 0 aliphatic heterocycles. The Morgan fingerprint density at radius 3 is 2.67 bits per heavy atom. The van der Waals surface area contributed by atoms with E-state index in [2.05, 4.69) is 13.5 Å². The Kier molecular flexibility index (Phi) is 3.60. The van der Waals surface area contributed by atoms with E-state index in [1.54, 1.807) is 6.08 Å². The highest BCUT2D eigenvalue weighted by molar-refractivity contribution is 5.10. The van der Waals surface area contributed by atoms with Crippen LogP contribution in [0.4, 0.5) is 0 Å². The normalized spacial score (nSPS) is 11.1. The summed E-state index contributed by atoms with van der Waals surface area (Å²) in [5, 5.41) is 0. The Hall–Kier alpha value is -0.920. The summed E-state index contributed by atoms with van der Waals surface area (Å²) in [5.74, 6) is 0. The molecule has 0 aromatic rings. The Morgan fingerprint density at radius 1 is 1.78 bits per heavy atom. The SMILES string of the molecule is C=C/C(N)=C\N(C)CC. The molecular weight excluding hydrogens is 112 g/mol. The molecule has 0 rings (SSSR count). The molecule has 0 atom stereocenters. The zero-order valence-corrected chi connectivity index (χ0v) is 6.09. The molecule has 0 unspecified atom stereocenters. The lowest BCUT2D eigenvalue weighted by Crippen LogP contribution is -2.11. The Morgan fingerprint density at radius 2 is 2.33 bits per heavy atom. The molecule has 0 spiro atoms. The van der Waals surface area contributed by atoms with Crippen molar-refractivity contribution in [2.45, 2.75) is 6.92 Å². The molecule has 0 bridgehead atoms. The number of nitrogens with two attached hydrogens (primary N) is 1. The van der Waals surface area contributed by atoms with Crippen molar-refractivity contribution in [3.8, 4) is 0 Å². The summed E-state index contributed by atoms with van der Waals surface area (Å²) >= 11 is 0. The summed E-state index contributed by atoms with van der Waals surface area (Å²) < 4.78 is 0. The molecule has 9 heavy (non-hydrogen) atoms. The smallest absolute Gasteiger partial charge is 0.0469 e. The van der Waals surface area contributed by atoms with Crippen molar-refractivity contribution in [1.82, 2.24) is 4.90 Å². The monoisotopic (exact) mass is 126 g/mol. The van der Waals surface area contributed by atoms with Crippen LogP contribution in [0.2, 0.25) is 0 Å². The van der Waals surface area contributed by atoms with E-state index in [0.717, 1.165) is 6.54 Å². The molecule has 0 amide bonds. The summed E-state index contributed by atoms with van der Waals surface area (Å²) in [7, 11) is 1.97. The first-order chi connectivity index (χ1) is 4.20. The number of rotatable bonds is 3. The van der Waals surface area contributed by atoms with E-state index < -0.39 is 0 Å². The highest BCUT2D eigenvalue weighted by Crippen LogP contribution is 1.87. The van der Waals surface area contributed by atoms with Crippen LogP contribution in [0.3, 0.4) is 0 Å². The van der Waals surface area contributed by atoms with Gasteiger partial charge >= 0.3 is 0 Å². The third kappa shape index (κ3) is 3.64. The maximum absolute atomic E-state index is 5.45. The van der Waals surface area contributed by atoms with E-state index in [1.165, 1.54) is 0 Å². The lowest BCUT2D eigenvalue weighted by Gasteiger charge is -2.09. The minimum Gasteiger partial charge on any atom is -0.398 e. The van der Waals surface area contributed by atoms with Crippen LogP contribution < -0.4 is 5.73 Å². The van der Waals surface area contributed by atoms with Crippen molar-refractivity contribution >= 4 is 0 Å². The lowest BCUT2D eigenvalue weighted by atomic mass is 10.4. The van der Waals surface area contributed by atoms with E-state index >= 15 is 0 Å². The lowest BCUT2D eigenvalue weighted by molar-refractivity contribution is 0.480. The highest BCUT2D eigenvalue weighted by atomic mass is 15.1. The number of nitrogens with zero attached hydrogens (tertiary/aromatic N) is 1. The van der Waals surface area contributed by atoms with Crippen molar-refractivity contribution in [1.29, 1.82) is 0 Å². The molecule has 52 valence electrons. The minimum absolute atomic E-state index is 0.708. The standard InChI is InChI=1S/C7H14N2/c1-4-7(8)6-9(3)5-2/h4,6H,1,5,8H2,2-3H3/b7-6+. The molecule has 0 aromatic heterocycles. The van der Waals surface area contributed by atoms with E-state index in [1.807, 2.05) is 18.1 Å². The Balaban J connectivity index is 3.78. The first-order valence-electron chi connectivity index (χ1n) is 3.00. The zero-order valence-electron chi connectivity index (χ0n) is 6.09. The van der Waals surface area contributed by atoms with E-state index in [9.17, 15) is 0 Å². The van der Waals surface area contributed by atoms with Gasteiger partial charge in [0.05, 0.1) is 0 Å². The summed E-state index contributed by atoms with van der Waals surface area (Å²) in [5.41, 5.74) is 6.16. The predicted octanol–water partition coefficient (Wildman–Crippen LogP) is 0.924. The number of hydrogen-bond donors (Lipinski definition) is 1. The second kappa shape index (κ2) is 4.01. The van der Waals surface area contributed by atoms with Crippen molar-refractivity contribution < 1.29 is 0 Å². The zero-order chi connectivity index (χ0) is 7.28. The van der Waals surface area contributed by atoms with Gasteiger partial charge in [-0.25, -0.2) is 0 Å². The van der Waals surface area contributed by atoms with Gasteiger partial charge in [0, 0.05) is 25.5 Å². The largest absolute Gasteiger partial charge is 0.398 e. The van der Waals surface area contributed by atoms with Crippen LogP contribution in [0.1, 0.15) is 6.92 Å². The summed E-state index contributed by atoms with van der Waals surface area (Å²) in [6, 6.07) is 0. The summed E-state index contributed by atoms with van der Waals surface area (Å²) in [6.07, 6.45) is 3.49. The molecule has 0 saturated heterocycles. The van der Waals surface area contributed by atoms with Crippen molar-refractivity contribution in [3.05, 3.63) is 24.6 Å². The second-order valence-electron chi connectivity index (χ2n) is 1.91. The van der Waals surface area contributed by atoms with Crippen LogP contribution in [-0.4, -0.2) is 18.5 Å². The van der Waals surface area contributed by atoms with E-state index in [0.29, 0.717) is 5.70 Å². The number of allylic oxidation sites excluding steroid dienone is 1. The van der Waals surface area contributed by atoms with Crippen LogP contribution in [0.25, 0.3) is 0 Å². The predicted molar refractivity (Wildman–Crippen MR) is 40.8 cm³/mol. The summed E-state index contributed by atoms with van der Waals surface area (Å²) in [6.45, 7) is 6.56. The van der Waals surface area contributed by atoms with Gasteiger partial charge in [-0.2, -0.15) is 0 Å². The molecule has 2 N–H and O–H groups in total. The Labute approximate surface area is 56.6 Å². The maximum Gasteiger partial charge on any atom is 0.0469 e. The van der Waals surface area contributed by atoms with Crippen LogP contribution in [0.5, 0.6) is 0 Å². The van der Waals surface area contributed by atoms with Crippen LogP contribution >= 0.6 is 0 Å². The van der Waals surface area contributed by atoms with Crippen LogP contribution in [-0.2, 0) is 0 Å². The maximum atomic E-state index is 5.45. The molecule has 0 aromatic carbocycles. The van der Waals surface area contributed by atoms with Gasteiger partial charge in [0.2, 0.25) is 0 Å². The van der Waals surface area contributed by atoms with Crippen LogP contribution in [0.15, 0.2) is 24.6 Å². The molecule has 0 radical (unpaired) electrons. The van der Waals surface area contributed by atoms with Gasteiger partial charge in [0.1, 0.15) is 0 Å². The van der Waals surface area contributed by atoms with Gasteiger partial charge in [0.15, 0.2) is 0 Å². The highest BCUT2D eigenvalue weighted by Gasteiger charge is 1.84. The fourth-order valence-electron chi connectivity index (χ4n) is 0.398. The first kappa shape index (κ1) is 8.08. The molecule has 0 saturated carbocycles. The van der Waals surface area contributed by atoms with Gasteiger partial charge in [-0.3, -0.25) is 0 Å². The third-order valence-corrected chi connectivity index (χ3v) is 1.10. The Bertz CT molecular complexity index is 116. The van der Waals surface area contributed by atoms with Crippen molar-refractivity contribution in [2.24, 2.45) is 5.73 Å². The van der Waals surface area contributed by atoms with Crippen LogP contribution in [0, 0.1) is 0 Å². The van der Waals surface area contributed by atoms with Crippen molar-refractivity contribution in [2.75, 3.05) is 13.6 Å². The summed E-state index contributed by atoms with van der Waals surface area (Å²) in [4.78, 5) is 2.00. The van der Waals surface area contributed by atoms with Gasteiger partial charge in [-0.15, -0.1) is 0 Å². The minimum atomic E-state index is 0.708. The molecule has 0 fully saturated rings. The van der Waals surface area contributed by atoms with Gasteiger partial charge in [0.25, 0.3) is 0 Å². The fraction of sp³-hybridized carbons (Fsp3) is 0.429. The molecule has 2 heteroatoms. The second-order valence-corrected chi connectivity index (χ2v) is 1.91. The number of hydrogen-bond acceptors (Lipinski definition) is 2. The van der Waals surface area contributed by atoms with E-state index in [-0.39, 0.29) is 0 Å².